The van der Waals surface area contributed by atoms with Crippen LogP contribution in [0.4, 0.5) is 0 Å². The Kier molecular flexibility index (Phi) is 13.1. The number of unbranched alkanes of at least 4 members (excludes halogenated alkanes) is 10. The smallest absolute Gasteiger partial charge is 0.101 e. The van der Waals surface area contributed by atoms with Gasteiger partial charge in [-0.25, -0.2) is 0 Å². The number of nitrogens with zero attached hydrogens (tertiary/aromatic N) is 2. The lowest BCUT2D eigenvalue weighted by Gasteiger charge is -2.33. The summed E-state index contributed by atoms with van der Waals surface area (Å²) in [5.41, 5.74) is 0. The van der Waals surface area contributed by atoms with Gasteiger partial charge in [-0.2, -0.15) is 0 Å². The van der Waals surface area contributed by atoms with Crippen LogP contribution in [0.5, 0.6) is 0 Å². The van der Waals surface area contributed by atoms with E-state index in [2.05, 4.69) is 43.0 Å². The van der Waals surface area contributed by atoms with Crippen LogP contribution in [0, 0.1) is 0 Å². The van der Waals surface area contributed by atoms with Gasteiger partial charge in [-0.3, -0.25) is 0 Å². The molecule has 0 radical (unpaired) electrons. The molecule has 2 nitrogen and oxygen atoms in total. The molecule has 0 amide bonds. The minimum absolute atomic E-state index is 0.645. The Labute approximate surface area is 152 Å². The van der Waals surface area contributed by atoms with Gasteiger partial charge in [-0.1, -0.05) is 85.0 Å². The maximum atomic E-state index is 2.62. The van der Waals surface area contributed by atoms with Crippen LogP contribution in [-0.2, 0) is 0 Å². The third-order valence-electron chi connectivity index (χ3n) is 5.32. The lowest BCUT2D eigenvalue weighted by atomic mass is 10.1. The van der Waals surface area contributed by atoms with Gasteiger partial charge in [0, 0.05) is 25.5 Å². The summed E-state index contributed by atoms with van der Waals surface area (Å²) in [5, 5.41) is 0. The van der Waals surface area contributed by atoms with Crippen molar-refractivity contribution in [2.75, 3.05) is 13.1 Å². The van der Waals surface area contributed by atoms with Crippen LogP contribution in [0.25, 0.3) is 0 Å². The molecule has 1 heterocycles. The van der Waals surface area contributed by atoms with E-state index < -0.39 is 0 Å². The number of rotatable bonds is 16. The van der Waals surface area contributed by atoms with E-state index in [1.807, 2.05) is 0 Å². The molecular weight excluding hydrogens is 292 g/mol. The van der Waals surface area contributed by atoms with Crippen molar-refractivity contribution < 1.29 is 0 Å². The monoisotopic (exact) mass is 336 g/mol. The molecular formula is C22H44N2. The van der Waals surface area contributed by atoms with Gasteiger partial charge >= 0.3 is 0 Å². The largest absolute Gasteiger partial charge is 0.356 e. The summed E-state index contributed by atoms with van der Waals surface area (Å²) >= 11 is 0. The topological polar surface area (TPSA) is 6.48 Å². The first-order chi connectivity index (χ1) is 11.8. The highest BCUT2D eigenvalue weighted by Crippen LogP contribution is 2.22. The van der Waals surface area contributed by atoms with Crippen molar-refractivity contribution in [1.82, 2.24) is 9.80 Å². The number of hydrogen-bond donors (Lipinski definition) is 0. The summed E-state index contributed by atoms with van der Waals surface area (Å²) in [5.74, 6) is 0. The summed E-state index contributed by atoms with van der Waals surface area (Å²) in [6, 6.07) is 0. The average Bonchev–Trinajstić information content (AvgIpc) is 2.97. The quantitative estimate of drug-likeness (QED) is 0.282. The third kappa shape index (κ3) is 8.99. The molecule has 1 rings (SSSR count). The van der Waals surface area contributed by atoms with Crippen molar-refractivity contribution in [2.45, 2.75) is 117 Å². The molecule has 0 aliphatic carbocycles. The first kappa shape index (κ1) is 21.4. The second kappa shape index (κ2) is 14.7. The summed E-state index contributed by atoms with van der Waals surface area (Å²) in [6.45, 7) is 9.40. The standard InChI is InChI=1S/C22H44N2/c1-4-7-10-11-12-13-14-16-19-24-21-20-23(18-15-8-5-2)22(24)17-9-6-3/h20-22H,4-19H2,1-3H3. The van der Waals surface area contributed by atoms with Gasteiger partial charge in [0.05, 0.1) is 0 Å². The molecule has 0 saturated carbocycles. The van der Waals surface area contributed by atoms with Crippen molar-refractivity contribution >= 4 is 0 Å². The summed E-state index contributed by atoms with van der Waals surface area (Å²) in [4.78, 5) is 5.23. The highest BCUT2D eigenvalue weighted by molar-refractivity contribution is 4.96. The number of hydrogen-bond acceptors (Lipinski definition) is 2. The Morgan fingerprint density at radius 2 is 0.958 bits per heavy atom. The van der Waals surface area contributed by atoms with E-state index in [0.29, 0.717) is 6.17 Å². The van der Waals surface area contributed by atoms with Crippen molar-refractivity contribution in [3.63, 3.8) is 0 Å². The van der Waals surface area contributed by atoms with Crippen LogP contribution in [0.1, 0.15) is 111 Å². The SMILES string of the molecule is CCCCCCCCCCN1C=CN(CCCCC)C1CCCC. The van der Waals surface area contributed by atoms with E-state index >= 15 is 0 Å². The second-order valence-corrected chi connectivity index (χ2v) is 7.58. The van der Waals surface area contributed by atoms with E-state index in [1.165, 1.54) is 103 Å². The second-order valence-electron chi connectivity index (χ2n) is 7.58. The maximum Gasteiger partial charge on any atom is 0.101 e. The molecule has 0 N–H and O–H groups in total. The Hall–Kier alpha value is -0.660. The Morgan fingerprint density at radius 1 is 0.542 bits per heavy atom. The lowest BCUT2D eigenvalue weighted by Crippen LogP contribution is -2.39. The molecule has 142 valence electrons. The molecule has 0 bridgehead atoms. The predicted octanol–water partition coefficient (Wildman–Crippen LogP) is 6.92. The molecule has 1 atom stereocenters. The summed E-state index contributed by atoms with van der Waals surface area (Å²) in [6.07, 6.45) is 24.7. The fourth-order valence-corrected chi connectivity index (χ4v) is 3.70. The van der Waals surface area contributed by atoms with Gasteiger partial charge in [0.15, 0.2) is 0 Å². The summed E-state index contributed by atoms with van der Waals surface area (Å²) < 4.78 is 0. The van der Waals surface area contributed by atoms with Gasteiger partial charge in [-0.05, 0) is 25.7 Å². The minimum atomic E-state index is 0.645. The molecule has 0 spiro atoms. The Balaban J connectivity index is 2.20. The highest BCUT2D eigenvalue weighted by Gasteiger charge is 2.24. The Bertz CT molecular complexity index is 300. The average molecular weight is 337 g/mol. The fourth-order valence-electron chi connectivity index (χ4n) is 3.70. The highest BCUT2D eigenvalue weighted by atomic mass is 15.4. The maximum absolute atomic E-state index is 2.62. The van der Waals surface area contributed by atoms with Gasteiger partial charge in [-0.15, -0.1) is 0 Å². The van der Waals surface area contributed by atoms with Gasteiger partial charge in [0.2, 0.25) is 0 Å². The molecule has 0 aromatic rings. The molecule has 0 aromatic carbocycles. The van der Waals surface area contributed by atoms with Crippen LogP contribution in [0.2, 0.25) is 0 Å². The lowest BCUT2D eigenvalue weighted by molar-refractivity contribution is 0.136. The predicted molar refractivity (Wildman–Crippen MR) is 108 cm³/mol. The first-order valence-electron chi connectivity index (χ1n) is 11.0. The first-order valence-corrected chi connectivity index (χ1v) is 11.0. The zero-order chi connectivity index (χ0) is 17.5. The van der Waals surface area contributed by atoms with Crippen molar-refractivity contribution in [3.05, 3.63) is 12.4 Å². The molecule has 1 aliphatic rings. The third-order valence-corrected chi connectivity index (χ3v) is 5.32. The van der Waals surface area contributed by atoms with Gasteiger partial charge in [0.25, 0.3) is 0 Å². The molecule has 1 aliphatic heterocycles. The fraction of sp³-hybridized carbons (Fsp3) is 0.909. The van der Waals surface area contributed by atoms with Crippen LogP contribution >= 0.6 is 0 Å². The van der Waals surface area contributed by atoms with Crippen LogP contribution in [-0.4, -0.2) is 29.1 Å². The van der Waals surface area contributed by atoms with Crippen molar-refractivity contribution in [2.24, 2.45) is 0 Å². The van der Waals surface area contributed by atoms with Crippen LogP contribution in [0.3, 0.4) is 0 Å². The van der Waals surface area contributed by atoms with Gasteiger partial charge in [0.1, 0.15) is 6.17 Å². The van der Waals surface area contributed by atoms with E-state index in [-0.39, 0.29) is 0 Å². The molecule has 2 heteroatoms. The van der Waals surface area contributed by atoms with E-state index in [0.717, 1.165) is 0 Å². The zero-order valence-corrected chi connectivity index (χ0v) is 16.9. The van der Waals surface area contributed by atoms with Crippen molar-refractivity contribution in [1.29, 1.82) is 0 Å². The van der Waals surface area contributed by atoms with Crippen LogP contribution < -0.4 is 0 Å². The molecule has 0 aromatic heterocycles. The van der Waals surface area contributed by atoms with E-state index in [4.69, 9.17) is 0 Å². The van der Waals surface area contributed by atoms with Crippen LogP contribution in [0.15, 0.2) is 12.4 Å². The molecule has 0 saturated heterocycles. The van der Waals surface area contributed by atoms with Crippen molar-refractivity contribution in [3.8, 4) is 0 Å². The minimum Gasteiger partial charge on any atom is -0.356 e. The van der Waals surface area contributed by atoms with E-state index in [1.54, 1.807) is 0 Å². The Morgan fingerprint density at radius 3 is 1.50 bits per heavy atom. The normalized spacial score (nSPS) is 17.2. The van der Waals surface area contributed by atoms with E-state index in [9.17, 15) is 0 Å². The zero-order valence-electron chi connectivity index (χ0n) is 16.9. The van der Waals surface area contributed by atoms with Gasteiger partial charge < -0.3 is 9.80 Å². The molecule has 24 heavy (non-hydrogen) atoms. The summed E-state index contributed by atoms with van der Waals surface area (Å²) in [7, 11) is 0. The molecule has 1 unspecified atom stereocenters. The molecule has 0 fully saturated rings.